The number of hydrogen-bond acceptors (Lipinski definition) is 6. The summed E-state index contributed by atoms with van der Waals surface area (Å²) in [6.45, 7) is 0.334. The first-order chi connectivity index (χ1) is 8.76. The van der Waals surface area contributed by atoms with Crippen molar-refractivity contribution in [3.8, 4) is 11.5 Å². The van der Waals surface area contributed by atoms with Gasteiger partial charge in [0.2, 0.25) is 0 Å². The van der Waals surface area contributed by atoms with Crippen LogP contribution >= 0.6 is 0 Å². The average molecular weight is 249 g/mol. The highest BCUT2D eigenvalue weighted by Crippen LogP contribution is 2.31. The van der Waals surface area contributed by atoms with Gasteiger partial charge in [0.1, 0.15) is 17.8 Å². The van der Waals surface area contributed by atoms with E-state index in [9.17, 15) is 0 Å². The number of rotatable bonds is 5. The fraction of sp³-hybridized carbons (Fsp3) is 0.250. The van der Waals surface area contributed by atoms with Crippen molar-refractivity contribution in [1.29, 1.82) is 0 Å². The third kappa shape index (κ3) is 2.54. The van der Waals surface area contributed by atoms with Crippen LogP contribution in [0.4, 0.5) is 11.7 Å². The van der Waals surface area contributed by atoms with Crippen LogP contribution in [0.1, 0.15) is 5.69 Å². The van der Waals surface area contributed by atoms with Gasteiger partial charge in [-0.25, -0.2) is 0 Å². The third-order valence-electron chi connectivity index (χ3n) is 2.41. The van der Waals surface area contributed by atoms with Gasteiger partial charge in [0.15, 0.2) is 0 Å². The summed E-state index contributed by atoms with van der Waals surface area (Å²) in [5.41, 5.74) is 6.85. The number of nitrogens with two attached hydrogens (primary N) is 1. The standard InChI is InChI=1S/C12H15N3O3/c1-16-9-3-4-11(17-2)10(5-9)15-12-14-8(6-13)7-18-12/h3-5,7H,6,13H2,1-2H3,(H,14,15). The average Bonchev–Trinajstić information content (AvgIpc) is 2.86. The molecule has 0 saturated heterocycles. The van der Waals surface area contributed by atoms with E-state index in [2.05, 4.69) is 10.3 Å². The highest BCUT2D eigenvalue weighted by Gasteiger charge is 2.08. The van der Waals surface area contributed by atoms with Crippen molar-refractivity contribution in [3.63, 3.8) is 0 Å². The summed E-state index contributed by atoms with van der Waals surface area (Å²) in [6.07, 6.45) is 1.51. The van der Waals surface area contributed by atoms with E-state index < -0.39 is 0 Å². The second-order valence-corrected chi connectivity index (χ2v) is 3.54. The molecule has 0 aliphatic carbocycles. The van der Waals surface area contributed by atoms with Crippen molar-refractivity contribution >= 4 is 11.7 Å². The number of benzene rings is 1. The normalized spacial score (nSPS) is 10.2. The van der Waals surface area contributed by atoms with Crippen LogP contribution in [0.3, 0.4) is 0 Å². The van der Waals surface area contributed by atoms with Crippen LogP contribution in [0.2, 0.25) is 0 Å². The molecular weight excluding hydrogens is 234 g/mol. The largest absolute Gasteiger partial charge is 0.497 e. The second-order valence-electron chi connectivity index (χ2n) is 3.54. The van der Waals surface area contributed by atoms with Crippen molar-refractivity contribution in [1.82, 2.24) is 4.98 Å². The minimum Gasteiger partial charge on any atom is -0.497 e. The zero-order valence-corrected chi connectivity index (χ0v) is 10.3. The first-order valence-corrected chi connectivity index (χ1v) is 5.40. The van der Waals surface area contributed by atoms with Gasteiger partial charge in [0, 0.05) is 12.6 Å². The Morgan fingerprint density at radius 2 is 2.17 bits per heavy atom. The van der Waals surface area contributed by atoms with Gasteiger partial charge in [-0.3, -0.25) is 0 Å². The summed E-state index contributed by atoms with van der Waals surface area (Å²) in [7, 11) is 3.19. The molecule has 0 bridgehead atoms. The molecule has 3 N–H and O–H groups in total. The predicted octanol–water partition coefficient (Wildman–Crippen LogP) is 1.89. The monoisotopic (exact) mass is 249 g/mol. The van der Waals surface area contributed by atoms with Gasteiger partial charge in [-0.2, -0.15) is 4.98 Å². The molecule has 6 heteroatoms. The third-order valence-corrected chi connectivity index (χ3v) is 2.41. The Bertz CT molecular complexity index is 525. The van der Waals surface area contributed by atoms with Gasteiger partial charge in [0.25, 0.3) is 6.01 Å². The van der Waals surface area contributed by atoms with Crippen LogP contribution in [0, 0.1) is 0 Å². The quantitative estimate of drug-likeness (QED) is 0.842. The van der Waals surface area contributed by atoms with Gasteiger partial charge in [-0.1, -0.05) is 0 Å². The molecule has 0 saturated carbocycles. The van der Waals surface area contributed by atoms with E-state index in [1.54, 1.807) is 26.4 Å². The Kier molecular flexibility index (Phi) is 3.69. The molecule has 0 aliphatic heterocycles. The SMILES string of the molecule is COc1ccc(OC)c(Nc2nc(CN)co2)c1. The zero-order chi connectivity index (χ0) is 13.0. The summed E-state index contributed by atoms with van der Waals surface area (Å²) >= 11 is 0. The van der Waals surface area contributed by atoms with Gasteiger partial charge in [-0.15, -0.1) is 0 Å². The highest BCUT2D eigenvalue weighted by atomic mass is 16.5. The molecule has 0 atom stereocenters. The van der Waals surface area contributed by atoms with Crippen LogP contribution in [-0.2, 0) is 6.54 Å². The van der Waals surface area contributed by atoms with Crippen molar-refractivity contribution < 1.29 is 13.9 Å². The number of nitrogens with one attached hydrogen (secondary N) is 1. The number of methoxy groups -OCH3 is 2. The molecule has 2 rings (SSSR count). The molecule has 1 heterocycles. The first kappa shape index (κ1) is 12.3. The Morgan fingerprint density at radius 1 is 1.33 bits per heavy atom. The summed E-state index contributed by atoms with van der Waals surface area (Å²) in [5.74, 6) is 1.38. The van der Waals surface area contributed by atoms with Crippen molar-refractivity contribution in [3.05, 3.63) is 30.2 Å². The lowest BCUT2D eigenvalue weighted by Gasteiger charge is -2.10. The van der Waals surface area contributed by atoms with Crippen molar-refractivity contribution in [2.45, 2.75) is 6.54 Å². The Labute approximate surface area is 105 Å². The summed E-state index contributed by atoms with van der Waals surface area (Å²) in [4.78, 5) is 4.16. The maximum Gasteiger partial charge on any atom is 0.299 e. The number of ether oxygens (including phenoxy) is 2. The van der Waals surface area contributed by atoms with E-state index in [0.29, 0.717) is 35.4 Å². The molecular formula is C12H15N3O3. The Morgan fingerprint density at radius 3 is 2.78 bits per heavy atom. The fourth-order valence-electron chi connectivity index (χ4n) is 1.49. The van der Waals surface area contributed by atoms with E-state index in [4.69, 9.17) is 19.6 Å². The number of oxazole rings is 1. The maximum atomic E-state index is 5.46. The first-order valence-electron chi connectivity index (χ1n) is 5.40. The minimum atomic E-state index is 0.334. The van der Waals surface area contributed by atoms with Crippen molar-refractivity contribution in [2.75, 3.05) is 19.5 Å². The molecule has 1 aromatic heterocycles. The Balaban J connectivity index is 2.25. The topological polar surface area (TPSA) is 82.5 Å². The highest BCUT2D eigenvalue weighted by molar-refractivity contribution is 5.64. The number of anilines is 2. The van der Waals surface area contributed by atoms with E-state index in [1.807, 2.05) is 6.07 Å². The van der Waals surface area contributed by atoms with Gasteiger partial charge >= 0.3 is 0 Å². The second kappa shape index (κ2) is 5.42. The lowest BCUT2D eigenvalue weighted by Crippen LogP contribution is -1.98. The molecule has 18 heavy (non-hydrogen) atoms. The molecule has 0 amide bonds. The summed E-state index contributed by atoms with van der Waals surface area (Å²) < 4.78 is 15.6. The lowest BCUT2D eigenvalue weighted by atomic mass is 10.2. The molecule has 96 valence electrons. The molecule has 6 nitrogen and oxygen atoms in total. The van der Waals surface area contributed by atoms with Gasteiger partial charge in [-0.05, 0) is 12.1 Å². The molecule has 1 aromatic carbocycles. The van der Waals surface area contributed by atoms with Crippen LogP contribution in [0.5, 0.6) is 11.5 Å². The van der Waals surface area contributed by atoms with E-state index in [1.165, 1.54) is 6.26 Å². The predicted molar refractivity (Wildman–Crippen MR) is 67.2 cm³/mol. The number of nitrogens with zero attached hydrogens (tertiary/aromatic N) is 1. The summed E-state index contributed by atoms with van der Waals surface area (Å²) in [6, 6.07) is 5.77. The van der Waals surface area contributed by atoms with Crippen LogP contribution in [0.15, 0.2) is 28.9 Å². The van der Waals surface area contributed by atoms with E-state index in [0.717, 1.165) is 0 Å². The smallest absolute Gasteiger partial charge is 0.299 e. The van der Waals surface area contributed by atoms with Crippen LogP contribution in [0.25, 0.3) is 0 Å². The van der Waals surface area contributed by atoms with E-state index in [-0.39, 0.29) is 0 Å². The lowest BCUT2D eigenvalue weighted by molar-refractivity contribution is 0.404. The molecule has 0 unspecified atom stereocenters. The number of hydrogen-bond donors (Lipinski definition) is 2. The zero-order valence-electron chi connectivity index (χ0n) is 10.3. The molecule has 0 fully saturated rings. The van der Waals surface area contributed by atoms with E-state index >= 15 is 0 Å². The minimum absolute atomic E-state index is 0.334. The molecule has 2 aromatic rings. The van der Waals surface area contributed by atoms with Crippen molar-refractivity contribution in [2.24, 2.45) is 5.73 Å². The van der Waals surface area contributed by atoms with Gasteiger partial charge < -0.3 is 24.9 Å². The fourth-order valence-corrected chi connectivity index (χ4v) is 1.49. The molecule has 0 spiro atoms. The number of aromatic nitrogens is 1. The summed E-state index contributed by atoms with van der Waals surface area (Å²) in [5, 5.41) is 3.01. The molecule has 0 radical (unpaired) electrons. The molecule has 0 aliphatic rings. The Hall–Kier alpha value is -2.21. The maximum absolute atomic E-state index is 5.46. The van der Waals surface area contributed by atoms with Crippen LogP contribution in [-0.4, -0.2) is 19.2 Å². The van der Waals surface area contributed by atoms with Gasteiger partial charge in [0.05, 0.1) is 25.6 Å². The van der Waals surface area contributed by atoms with Crippen LogP contribution < -0.4 is 20.5 Å².